The average Bonchev–Trinajstić information content (AvgIpc) is 3.25. The highest BCUT2D eigenvalue weighted by Crippen LogP contribution is 2.54. The van der Waals surface area contributed by atoms with E-state index in [-0.39, 0.29) is 12.1 Å². The minimum Gasteiger partial charge on any atom is -0.489 e. The summed E-state index contributed by atoms with van der Waals surface area (Å²) in [6.07, 6.45) is 9.27. The zero-order valence-corrected chi connectivity index (χ0v) is 19.1. The quantitative estimate of drug-likeness (QED) is 0.304. The van der Waals surface area contributed by atoms with Crippen molar-refractivity contribution in [2.24, 2.45) is 23.7 Å². The molecular weight excluding hydrogens is 372 g/mol. The molecule has 1 aliphatic carbocycles. The van der Waals surface area contributed by atoms with Crippen LogP contribution in [-0.4, -0.2) is 19.2 Å². The van der Waals surface area contributed by atoms with E-state index < -0.39 is 0 Å². The lowest BCUT2D eigenvalue weighted by Crippen LogP contribution is -2.15. The molecule has 0 saturated heterocycles. The lowest BCUT2D eigenvalue weighted by atomic mass is 9.83. The molecule has 3 rings (SSSR count). The number of esters is 1. The van der Waals surface area contributed by atoms with Gasteiger partial charge in [-0.3, -0.25) is 4.79 Å². The van der Waals surface area contributed by atoms with E-state index >= 15 is 0 Å². The van der Waals surface area contributed by atoms with Crippen molar-refractivity contribution in [2.75, 3.05) is 7.11 Å². The molecule has 1 saturated carbocycles. The van der Waals surface area contributed by atoms with E-state index in [1.165, 1.54) is 18.2 Å². The Labute approximate surface area is 182 Å². The maximum atomic E-state index is 11.4. The van der Waals surface area contributed by atoms with Crippen molar-refractivity contribution in [3.63, 3.8) is 0 Å². The largest absolute Gasteiger partial charge is 0.489 e. The van der Waals surface area contributed by atoms with Crippen molar-refractivity contribution in [3.05, 3.63) is 41.5 Å². The van der Waals surface area contributed by atoms with Crippen LogP contribution in [-0.2, 0) is 16.0 Å². The molecule has 162 valence electrons. The van der Waals surface area contributed by atoms with Gasteiger partial charge in [0, 0.05) is 24.3 Å². The first-order chi connectivity index (χ1) is 14.5. The van der Waals surface area contributed by atoms with Crippen molar-refractivity contribution in [3.8, 4) is 17.6 Å². The molecule has 1 heterocycles. The lowest BCUT2D eigenvalue weighted by molar-refractivity contribution is -0.140. The summed E-state index contributed by atoms with van der Waals surface area (Å²) in [6, 6.07) is 6.53. The number of fused-ring (bicyclic) bond motifs is 3. The number of para-hydroxylation sites is 1. The molecule has 1 aliphatic heterocycles. The molecule has 1 fully saturated rings. The number of rotatable bonds is 8. The highest BCUT2D eigenvalue weighted by molar-refractivity contribution is 5.69. The third-order valence-corrected chi connectivity index (χ3v) is 7.02. The van der Waals surface area contributed by atoms with Gasteiger partial charge in [0.15, 0.2) is 0 Å². The standard InChI is InChI=1S/C27H36O3/c1-6-7-10-18(2)19(3)15-16-22-20(4)17-24-26(22)23-13-8-11-21(27(23)30-24)12-9-14-25(28)29-5/h8,11,13,15-16,18-20,22,24,26H,9-10,12,14,17H2,1-5H3/b16-15+/t18?,19?,20-,22+,24+,26+/m1/s1. The molecule has 30 heavy (non-hydrogen) atoms. The zero-order valence-electron chi connectivity index (χ0n) is 19.1. The van der Waals surface area contributed by atoms with Gasteiger partial charge < -0.3 is 9.47 Å². The smallest absolute Gasteiger partial charge is 0.305 e. The summed E-state index contributed by atoms with van der Waals surface area (Å²) in [6.45, 7) is 8.85. The van der Waals surface area contributed by atoms with E-state index in [1.807, 2.05) is 6.92 Å². The van der Waals surface area contributed by atoms with E-state index in [2.05, 4.69) is 63.0 Å². The van der Waals surface area contributed by atoms with Crippen LogP contribution in [0.5, 0.6) is 5.75 Å². The Morgan fingerprint density at radius 2 is 2.17 bits per heavy atom. The van der Waals surface area contributed by atoms with Gasteiger partial charge in [-0.1, -0.05) is 51.1 Å². The fraction of sp³-hybridized carbons (Fsp3) is 0.593. The highest BCUT2D eigenvalue weighted by atomic mass is 16.5. The molecule has 0 amide bonds. The second-order valence-electron chi connectivity index (χ2n) is 9.09. The summed E-state index contributed by atoms with van der Waals surface area (Å²) in [7, 11) is 1.44. The van der Waals surface area contributed by atoms with Gasteiger partial charge in [0.25, 0.3) is 0 Å². The Morgan fingerprint density at radius 1 is 1.37 bits per heavy atom. The first-order valence-electron chi connectivity index (χ1n) is 11.4. The molecule has 0 N–H and O–H groups in total. The molecule has 2 unspecified atom stereocenters. The van der Waals surface area contributed by atoms with Crippen LogP contribution in [0.1, 0.15) is 70.4 Å². The minimum atomic E-state index is -0.146. The van der Waals surface area contributed by atoms with Crippen LogP contribution in [0.25, 0.3) is 0 Å². The van der Waals surface area contributed by atoms with Crippen LogP contribution in [0, 0.1) is 35.5 Å². The number of hydrogen-bond acceptors (Lipinski definition) is 3. The average molecular weight is 409 g/mol. The number of methoxy groups -OCH3 is 1. The number of hydrogen-bond donors (Lipinski definition) is 0. The van der Waals surface area contributed by atoms with Gasteiger partial charge in [-0.15, -0.1) is 11.8 Å². The highest BCUT2D eigenvalue weighted by Gasteiger charge is 2.47. The fourth-order valence-electron chi connectivity index (χ4n) is 4.94. The van der Waals surface area contributed by atoms with E-state index in [0.29, 0.717) is 36.0 Å². The number of allylic oxidation sites excluding steroid dienone is 2. The molecule has 1 aromatic rings. The second-order valence-corrected chi connectivity index (χ2v) is 9.09. The number of aryl methyl sites for hydroxylation is 1. The Kier molecular flexibility index (Phi) is 7.64. The van der Waals surface area contributed by atoms with Gasteiger partial charge in [0.05, 0.1) is 7.11 Å². The van der Waals surface area contributed by atoms with Crippen LogP contribution in [0.15, 0.2) is 30.4 Å². The first-order valence-corrected chi connectivity index (χ1v) is 11.4. The van der Waals surface area contributed by atoms with Gasteiger partial charge >= 0.3 is 5.97 Å². The molecule has 0 radical (unpaired) electrons. The van der Waals surface area contributed by atoms with Gasteiger partial charge in [-0.05, 0) is 55.4 Å². The SMILES string of the molecule is CC#CCC(C)C(C)/C=C/[C@@H]1[C@H]2c3cccc(CCCC(=O)OC)c3O[C@H]2C[C@H]1C. The van der Waals surface area contributed by atoms with Crippen LogP contribution < -0.4 is 4.74 Å². The van der Waals surface area contributed by atoms with Gasteiger partial charge in [-0.25, -0.2) is 0 Å². The Bertz CT molecular complexity index is 828. The molecule has 0 spiro atoms. The summed E-state index contributed by atoms with van der Waals surface area (Å²) >= 11 is 0. The number of ether oxygens (including phenoxy) is 2. The Balaban J connectivity index is 1.73. The van der Waals surface area contributed by atoms with E-state index in [4.69, 9.17) is 9.47 Å². The topological polar surface area (TPSA) is 35.5 Å². The summed E-state index contributed by atoms with van der Waals surface area (Å²) in [5.74, 6) is 9.79. The van der Waals surface area contributed by atoms with Crippen LogP contribution in [0.3, 0.4) is 0 Å². The predicted octanol–water partition coefficient (Wildman–Crippen LogP) is 5.92. The molecule has 3 heteroatoms. The lowest BCUT2D eigenvalue weighted by Gasteiger charge is -2.20. The fourth-order valence-corrected chi connectivity index (χ4v) is 4.94. The Morgan fingerprint density at radius 3 is 2.90 bits per heavy atom. The van der Waals surface area contributed by atoms with E-state index in [9.17, 15) is 4.79 Å². The third-order valence-electron chi connectivity index (χ3n) is 7.02. The maximum Gasteiger partial charge on any atom is 0.305 e. The molecular formula is C27H36O3. The summed E-state index contributed by atoms with van der Waals surface area (Å²) in [5.41, 5.74) is 2.58. The monoisotopic (exact) mass is 408 g/mol. The minimum absolute atomic E-state index is 0.146. The molecule has 6 atom stereocenters. The van der Waals surface area contributed by atoms with E-state index in [0.717, 1.165) is 31.4 Å². The van der Waals surface area contributed by atoms with Crippen molar-refractivity contribution in [1.82, 2.24) is 0 Å². The summed E-state index contributed by atoms with van der Waals surface area (Å²) < 4.78 is 11.3. The zero-order chi connectivity index (χ0) is 21.7. The molecule has 1 aromatic carbocycles. The van der Waals surface area contributed by atoms with Crippen LogP contribution >= 0.6 is 0 Å². The normalized spacial score (nSPS) is 26.3. The molecule has 0 bridgehead atoms. The summed E-state index contributed by atoms with van der Waals surface area (Å²) in [4.78, 5) is 11.4. The van der Waals surface area contributed by atoms with Gasteiger partial charge in [0.2, 0.25) is 0 Å². The maximum absolute atomic E-state index is 11.4. The van der Waals surface area contributed by atoms with Crippen LogP contribution in [0.4, 0.5) is 0 Å². The van der Waals surface area contributed by atoms with Crippen molar-refractivity contribution < 1.29 is 14.3 Å². The Hall–Kier alpha value is -2.21. The molecule has 0 aromatic heterocycles. The molecule has 3 nitrogen and oxygen atoms in total. The first kappa shape index (κ1) is 22.5. The summed E-state index contributed by atoms with van der Waals surface area (Å²) in [5, 5.41) is 0. The number of carbonyl (C=O) groups is 1. The van der Waals surface area contributed by atoms with Gasteiger partial charge in [0.1, 0.15) is 11.9 Å². The third kappa shape index (κ3) is 4.91. The van der Waals surface area contributed by atoms with Crippen molar-refractivity contribution in [1.29, 1.82) is 0 Å². The molecule has 2 aliphatic rings. The van der Waals surface area contributed by atoms with Gasteiger partial charge in [-0.2, -0.15) is 0 Å². The number of benzene rings is 1. The van der Waals surface area contributed by atoms with Crippen molar-refractivity contribution in [2.45, 2.75) is 71.8 Å². The van der Waals surface area contributed by atoms with E-state index in [1.54, 1.807) is 0 Å². The second kappa shape index (κ2) is 10.2. The predicted molar refractivity (Wildman–Crippen MR) is 121 cm³/mol. The number of carbonyl (C=O) groups excluding carboxylic acids is 1. The van der Waals surface area contributed by atoms with Crippen molar-refractivity contribution >= 4 is 5.97 Å². The van der Waals surface area contributed by atoms with Crippen LogP contribution in [0.2, 0.25) is 0 Å².